The van der Waals surface area contributed by atoms with Crippen LogP contribution in [0.25, 0.3) is 0 Å². The summed E-state index contributed by atoms with van der Waals surface area (Å²) in [6.07, 6.45) is 1.16. The summed E-state index contributed by atoms with van der Waals surface area (Å²) in [4.78, 5) is 2.27. The van der Waals surface area contributed by atoms with Crippen molar-refractivity contribution < 1.29 is 0 Å². The van der Waals surface area contributed by atoms with Crippen molar-refractivity contribution in [2.75, 3.05) is 23.7 Å². The zero-order valence-corrected chi connectivity index (χ0v) is 10.2. The number of rotatable bonds is 2. The molecule has 1 fully saturated rings. The van der Waals surface area contributed by atoms with E-state index < -0.39 is 0 Å². The Hall–Kier alpha value is -2.10. The molecule has 0 radical (unpaired) electrons. The first-order valence-corrected chi connectivity index (χ1v) is 6.22. The Morgan fingerprint density at radius 2 is 1.89 bits per heavy atom. The fourth-order valence-corrected chi connectivity index (χ4v) is 2.47. The number of nitrogen functional groups attached to an aromatic ring is 1. The topological polar surface area (TPSA) is 55.0 Å². The van der Waals surface area contributed by atoms with Crippen LogP contribution in [0, 0.1) is 0 Å². The molecular weight excluding hydrogens is 224 g/mol. The lowest BCUT2D eigenvalue weighted by Gasteiger charge is -2.16. The van der Waals surface area contributed by atoms with Crippen molar-refractivity contribution in [1.82, 2.24) is 10.2 Å². The Morgan fingerprint density at radius 3 is 2.61 bits per heavy atom. The van der Waals surface area contributed by atoms with Gasteiger partial charge in [-0.25, -0.2) is 0 Å². The van der Waals surface area contributed by atoms with Crippen molar-refractivity contribution >= 4 is 11.6 Å². The van der Waals surface area contributed by atoms with E-state index in [1.807, 2.05) is 6.07 Å². The second-order valence-corrected chi connectivity index (χ2v) is 4.66. The van der Waals surface area contributed by atoms with Gasteiger partial charge in [0.25, 0.3) is 0 Å². The van der Waals surface area contributed by atoms with Crippen molar-refractivity contribution in [2.45, 2.75) is 12.3 Å². The summed E-state index contributed by atoms with van der Waals surface area (Å²) >= 11 is 0. The lowest BCUT2D eigenvalue weighted by Crippen LogP contribution is -2.20. The van der Waals surface area contributed by atoms with Crippen LogP contribution in [-0.2, 0) is 0 Å². The van der Waals surface area contributed by atoms with Crippen LogP contribution in [0.3, 0.4) is 0 Å². The Kier molecular flexibility index (Phi) is 2.84. The predicted octanol–water partition coefficient (Wildman–Crippen LogP) is 2.05. The van der Waals surface area contributed by atoms with Crippen LogP contribution in [0.5, 0.6) is 0 Å². The highest BCUT2D eigenvalue weighted by Crippen LogP contribution is 2.29. The summed E-state index contributed by atoms with van der Waals surface area (Å²) in [5.41, 5.74) is 6.96. The minimum atomic E-state index is 0.470. The average molecular weight is 240 g/mol. The molecule has 2 heterocycles. The highest BCUT2D eigenvalue weighted by atomic mass is 15.3. The molecule has 18 heavy (non-hydrogen) atoms. The average Bonchev–Trinajstić information content (AvgIpc) is 2.90. The van der Waals surface area contributed by atoms with Crippen LogP contribution < -0.4 is 10.6 Å². The lowest BCUT2D eigenvalue weighted by atomic mass is 9.99. The van der Waals surface area contributed by atoms with Gasteiger partial charge in [0.05, 0.1) is 0 Å². The summed E-state index contributed by atoms with van der Waals surface area (Å²) in [5, 5.41) is 8.05. The number of anilines is 2. The van der Waals surface area contributed by atoms with Gasteiger partial charge in [-0.15, -0.1) is 10.2 Å². The molecule has 4 heteroatoms. The molecule has 1 saturated heterocycles. The molecule has 0 saturated carbocycles. The maximum Gasteiger partial charge on any atom is 0.151 e. The van der Waals surface area contributed by atoms with Crippen molar-refractivity contribution in [3.8, 4) is 0 Å². The maximum atomic E-state index is 5.55. The van der Waals surface area contributed by atoms with Crippen molar-refractivity contribution in [1.29, 1.82) is 0 Å². The van der Waals surface area contributed by atoms with Gasteiger partial charge < -0.3 is 10.6 Å². The van der Waals surface area contributed by atoms with Gasteiger partial charge in [-0.2, -0.15) is 0 Å². The van der Waals surface area contributed by atoms with E-state index >= 15 is 0 Å². The zero-order chi connectivity index (χ0) is 12.4. The Bertz CT molecular complexity index is 509. The minimum Gasteiger partial charge on any atom is -0.382 e. The third kappa shape index (κ3) is 2.14. The van der Waals surface area contributed by atoms with E-state index in [2.05, 4.69) is 45.4 Å². The molecule has 0 spiro atoms. The number of nitrogens with two attached hydrogens (primary N) is 1. The number of nitrogens with zero attached hydrogens (tertiary/aromatic N) is 3. The van der Waals surface area contributed by atoms with E-state index in [1.165, 1.54) is 5.56 Å². The van der Waals surface area contributed by atoms with Crippen LogP contribution >= 0.6 is 0 Å². The summed E-state index contributed by atoms with van der Waals surface area (Å²) in [6, 6.07) is 14.4. The van der Waals surface area contributed by atoms with E-state index in [9.17, 15) is 0 Å². The molecular formula is C14H16N4. The van der Waals surface area contributed by atoms with Crippen LogP contribution in [-0.4, -0.2) is 23.3 Å². The zero-order valence-electron chi connectivity index (χ0n) is 10.2. The lowest BCUT2D eigenvalue weighted by molar-refractivity contribution is 0.773. The first-order valence-electron chi connectivity index (χ1n) is 6.22. The first kappa shape index (κ1) is 11.0. The number of aromatic nitrogens is 2. The van der Waals surface area contributed by atoms with Crippen LogP contribution in [0.15, 0.2) is 42.5 Å². The number of hydrogen-bond acceptors (Lipinski definition) is 4. The smallest absolute Gasteiger partial charge is 0.151 e. The van der Waals surface area contributed by atoms with Crippen LogP contribution in [0.2, 0.25) is 0 Å². The molecule has 1 aliphatic rings. The molecule has 3 rings (SSSR count). The predicted molar refractivity (Wildman–Crippen MR) is 72.5 cm³/mol. The SMILES string of the molecule is Nc1ccc(N2CCC(c3ccccc3)C2)nn1. The number of benzene rings is 1. The number of hydrogen-bond donors (Lipinski definition) is 1. The molecule has 2 N–H and O–H groups in total. The van der Waals surface area contributed by atoms with Crippen molar-refractivity contribution in [3.05, 3.63) is 48.0 Å². The van der Waals surface area contributed by atoms with Gasteiger partial charge in [-0.05, 0) is 24.1 Å². The monoisotopic (exact) mass is 240 g/mol. The van der Waals surface area contributed by atoms with Crippen LogP contribution in [0.4, 0.5) is 11.6 Å². The quantitative estimate of drug-likeness (QED) is 0.873. The molecule has 92 valence electrons. The molecule has 0 amide bonds. The van der Waals surface area contributed by atoms with Gasteiger partial charge in [0.1, 0.15) is 5.82 Å². The van der Waals surface area contributed by atoms with E-state index in [-0.39, 0.29) is 0 Å². The molecule has 4 nitrogen and oxygen atoms in total. The summed E-state index contributed by atoms with van der Waals surface area (Å²) in [6.45, 7) is 2.03. The van der Waals surface area contributed by atoms with Crippen LogP contribution in [0.1, 0.15) is 17.9 Å². The maximum absolute atomic E-state index is 5.55. The van der Waals surface area contributed by atoms with E-state index in [0.29, 0.717) is 11.7 Å². The molecule has 1 aromatic heterocycles. The highest BCUT2D eigenvalue weighted by molar-refractivity contribution is 5.43. The Labute approximate surface area is 106 Å². The van der Waals surface area contributed by atoms with E-state index in [0.717, 1.165) is 25.3 Å². The third-order valence-corrected chi connectivity index (χ3v) is 3.45. The van der Waals surface area contributed by atoms with Gasteiger partial charge in [0, 0.05) is 19.0 Å². The third-order valence-electron chi connectivity index (χ3n) is 3.45. The molecule has 1 aromatic carbocycles. The molecule has 0 aliphatic carbocycles. The van der Waals surface area contributed by atoms with Gasteiger partial charge in [-0.3, -0.25) is 0 Å². The Morgan fingerprint density at radius 1 is 1.06 bits per heavy atom. The largest absolute Gasteiger partial charge is 0.382 e. The molecule has 2 aromatic rings. The van der Waals surface area contributed by atoms with Crippen molar-refractivity contribution in [2.24, 2.45) is 0 Å². The van der Waals surface area contributed by atoms with Crippen molar-refractivity contribution in [3.63, 3.8) is 0 Å². The van der Waals surface area contributed by atoms with Gasteiger partial charge in [0.2, 0.25) is 0 Å². The van der Waals surface area contributed by atoms with Gasteiger partial charge in [-0.1, -0.05) is 30.3 Å². The molecule has 1 unspecified atom stereocenters. The highest BCUT2D eigenvalue weighted by Gasteiger charge is 2.24. The fraction of sp³-hybridized carbons (Fsp3) is 0.286. The minimum absolute atomic E-state index is 0.470. The summed E-state index contributed by atoms with van der Waals surface area (Å²) in [5.74, 6) is 1.98. The van der Waals surface area contributed by atoms with Gasteiger partial charge >= 0.3 is 0 Å². The fourth-order valence-electron chi connectivity index (χ4n) is 2.47. The standard InChI is InChI=1S/C14H16N4/c15-13-6-7-14(17-16-13)18-9-8-12(10-18)11-4-2-1-3-5-11/h1-7,12H,8-10H2,(H2,15,16). The van der Waals surface area contributed by atoms with Gasteiger partial charge in [0.15, 0.2) is 5.82 Å². The molecule has 1 aliphatic heterocycles. The second-order valence-electron chi connectivity index (χ2n) is 4.66. The van der Waals surface area contributed by atoms with E-state index in [4.69, 9.17) is 5.73 Å². The molecule has 0 bridgehead atoms. The summed E-state index contributed by atoms with van der Waals surface area (Å²) in [7, 11) is 0. The molecule has 1 atom stereocenters. The normalized spacial score (nSPS) is 19.1. The Balaban J connectivity index is 1.74. The first-order chi connectivity index (χ1) is 8.83. The summed E-state index contributed by atoms with van der Waals surface area (Å²) < 4.78 is 0. The van der Waals surface area contributed by atoms with E-state index in [1.54, 1.807) is 6.07 Å². The second kappa shape index (κ2) is 4.64.